The van der Waals surface area contributed by atoms with E-state index in [-0.39, 0.29) is 11.5 Å². The first kappa shape index (κ1) is 15.2. The number of hydrogen-bond acceptors (Lipinski definition) is 4. The Morgan fingerprint density at radius 2 is 2.25 bits per heavy atom. The smallest absolute Gasteiger partial charge is 0.102 e. The molecule has 0 aliphatic heterocycles. The van der Waals surface area contributed by atoms with Crippen LogP contribution in [-0.4, -0.2) is 17.7 Å². The molecule has 0 saturated carbocycles. The largest absolute Gasteiger partial charge is 0.376 e. The molecule has 2 rings (SSSR count). The highest BCUT2D eigenvalue weighted by atomic mass is 35.5. The number of hydrogen-bond donors (Lipinski definition) is 0. The number of nitriles is 1. The summed E-state index contributed by atoms with van der Waals surface area (Å²) in [6.07, 6.45) is 0.405. The Hall–Kier alpha value is -1.15. The van der Waals surface area contributed by atoms with E-state index in [2.05, 4.69) is 24.9 Å². The Labute approximate surface area is 128 Å². The summed E-state index contributed by atoms with van der Waals surface area (Å²) in [6, 6.07) is 7.82. The van der Waals surface area contributed by atoms with Gasteiger partial charge in [-0.25, -0.2) is 4.98 Å². The van der Waals surface area contributed by atoms with Crippen molar-refractivity contribution in [3.63, 3.8) is 0 Å². The summed E-state index contributed by atoms with van der Waals surface area (Å²) < 4.78 is 6.83. The fourth-order valence-electron chi connectivity index (χ4n) is 1.84. The van der Waals surface area contributed by atoms with Crippen LogP contribution in [0, 0.1) is 11.3 Å². The Morgan fingerprint density at radius 3 is 2.95 bits per heavy atom. The molecule has 1 aromatic heterocycles. The predicted molar refractivity (Wildman–Crippen MR) is 83.3 cm³/mol. The van der Waals surface area contributed by atoms with Crippen molar-refractivity contribution < 1.29 is 4.74 Å². The van der Waals surface area contributed by atoms with Gasteiger partial charge in [-0.2, -0.15) is 5.26 Å². The molecule has 0 fully saturated rings. The minimum absolute atomic E-state index is 0.00751. The van der Waals surface area contributed by atoms with Crippen LogP contribution in [-0.2, 0) is 10.2 Å². The predicted octanol–water partition coefficient (Wildman–Crippen LogP) is 4.55. The van der Waals surface area contributed by atoms with Gasteiger partial charge in [0.05, 0.1) is 35.4 Å². The number of nitrogens with zero attached hydrogens (tertiary/aromatic N) is 2. The highest BCUT2D eigenvalue weighted by Crippen LogP contribution is 2.35. The van der Waals surface area contributed by atoms with Crippen molar-refractivity contribution in [3.05, 3.63) is 28.2 Å². The highest BCUT2D eigenvalue weighted by molar-refractivity contribution is 7.18. The van der Waals surface area contributed by atoms with Gasteiger partial charge in [-0.05, 0) is 25.1 Å². The standard InChI is InChI=1S/C15H17ClN2OS/c1-10(19-8-4-7-17)15(2,3)14-18-12-6-5-11(16)9-13(12)20-14/h5-6,9-10H,4,8H2,1-3H3. The highest BCUT2D eigenvalue weighted by Gasteiger charge is 2.32. The van der Waals surface area contributed by atoms with Crippen molar-refractivity contribution >= 4 is 33.2 Å². The summed E-state index contributed by atoms with van der Waals surface area (Å²) in [6.45, 7) is 6.71. The number of aromatic nitrogens is 1. The lowest BCUT2D eigenvalue weighted by molar-refractivity contribution is 0.0228. The molecule has 1 atom stereocenters. The first-order valence-corrected chi connectivity index (χ1v) is 7.69. The van der Waals surface area contributed by atoms with Gasteiger partial charge in [-0.15, -0.1) is 11.3 Å². The van der Waals surface area contributed by atoms with E-state index in [1.807, 2.05) is 25.1 Å². The lowest BCUT2D eigenvalue weighted by Gasteiger charge is -2.29. The molecule has 0 aliphatic rings. The van der Waals surface area contributed by atoms with E-state index in [0.717, 1.165) is 20.2 Å². The molecule has 2 aromatic rings. The molecule has 0 amide bonds. The van der Waals surface area contributed by atoms with Crippen LogP contribution in [0.15, 0.2) is 18.2 Å². The monoisotopic (exact) mass is 308 g/mol. The van der Waals surface area contributed by atoms with Gasteiger partial charge in [0.25, 0.3) is 0 Å². The van der Waals surface area contributed by atoms with E-state index in [1.165, 1.54) is 0 Å². The maximum Gasteiger partial charge on any atom is 0.102 e. The van der Waals surface area contributed by atoms with Gasteiger partial charge in [-0.3, -0.25) is 0 Å². The van der Waals surface area contributed by atoms with Crippen LogP contribution in [0.3, 0.4) is 0 Å². The van der Waals surface area contributed by atoms with Crippen LogP contribution in [0.5, 0.6) is 0 Å². The number of benzene rings is 1. The molecule has 20 heavy (non-hydrogen) atoms. The zero-order chi connectivity index (χ0) is 14.8. The van der Waals surface area contributed by atoms with E-state index < -0.39 is 0 Å². The van der Waals surface area contributed by atoms with Gasteiger partial charge in [0.1, 0.15) is 5.01 Å². The van der Waals surface area contributed by atoms with Gasteiger partial charge in [0.2, 0.25) is 0 Å². The van der Waals surface area contributed by atoms with Crippen LogP contribution < -0.4 is 0 Å². The minimum atomic E-state index is -0.203. The Bertz CT molecular complexity index is 645. The SMILES string of the molecule is CC(OCCC#N)C(C)(C)c1nc2ccc(Cl)cc2s1. The van der Waals surface area contributed by atoms with Gasteiger partial charge in [0.15, 0.2) is 0 Å². The average molecular weight is 309 g/mol. The summed E-state index contributed by atoms with van der Waals surface area (Å²) in [4.78, 5) is 4.69. The van der Waals surface area contributed by atoms with E-state index >= 15 is 0 Å². The van der Waals surface area contributed by atoms with Gasteiger partial charge >= 0.3 is 0 Å². The molecule has 0 spiro atoms. The summed E-state index contributed by atoms with van der Waals surface area (Å²) >= 11 is 7.66. The van der Waals surface area contributed by atoms with Crippen molar-refractivity contribution in [1.29, 1.82) is 5.26 Å². The molecular formula is C15H17ClN2OS. The van der Waals surface area contributed by atoms with Gasteiger partial charge in [-0.1, -0.05) is 25.4 Å². The van der Waals surface area contributed by atoms with Crippen molar-refractivity contribution in [1.82, 2.24) is 4.98 Å². The third kappa shape index (κ3) is 3.12. The molecule has 1 heterocycles. The van der Waals surface area contributed by atoms with Crippen LogP contribution in [0.2, 0.25) is 5.02 Å². The zero-order valence-electron chi connectivity index (χ0n) is 11.8. The molecule has 0 saturated heterocycles. The van der Waals surface area contributed by atoms with Crippen molar-refractivity contribution in [2.45, 2.75) is 38.7 Å². The number of thiazole rings is 1. The normalized spacial score (nSPS) is 13.3. The van der Waals surface area contributed by atoms with Gasteiger partial charge in [0, 0.05) is 10.4 Å². The lowest BCUT2D eigenvalue weighted by atomic mass is 9.88. The van der Waals surface area contributed by atoms with E-state index in [0.29, 0.717) is 13.0 Å². The summed E-state index contributed by atoms with van der Waals surface area (Å²) in [7, 11) is 0. The second-order valence-electron chi connectivity index (χ2n) is 5.27. The number of halogens is 1. The molecule has 0 bridgehead atoms. The second kappa shape index (κ2) is 6.09. The third-order valence-electron chi connectivity index (χ3n) is 3.50. The molecule has 0 N–H and O–H groups in total. The van der Waals surface area contributed by atoms with E-state index in [1.54, 1.807) is 11.3 Å². The fourth-order valence-corrected chi connectivity index (χ4v) is 3.26. The second-order valence-corrected chi connectivity index (χ2v) is 6.74. The van der Waals surface area contributed by atoms with Crippen LogP contribution in [0.25, 0.3) is 10.2 Å². The Kier molecular flexibility index (Phi) is 4.64. The first-order chi connectivity index (χ1) is 9.45. The van der Waals surface area contributed by atoms with Gasteiger partial charge < -0.3 is 4.74 Å². The molecule has 1 aromatic carbocycles. The molecular weight excluding hydrogens is 292 g/mol. The molecule has 106 valence electrons. The number of rotatable bonds is 5. The summed E-state index contributed by atoms with van der Waals surface area (Å²) in [5.41, 5.74) is 0.762. The Morgan fingerprint density at radius 1 is 1.50 bits per heavy atom. The lowest BCUT2D eigenvalue weighted by Crippen LogP contribution is -2.33. The van der Waals surface area contributed by atoms with Crippen molar-refractivity contribution in [2.75, 3.05) is 6.61 Å². The summed E-state index contributed by atoms with van der Waals surface area (Å²) in [5.74, 6) is 0. The van der Waals surface area contributed by atoms with Crippen LogP contribution >= 0.6 is 22.9 Å². The van der Waals surface area contributed by atoms with Crippen LogP contribution in [0.4, 0.5) is 0 Å². The number of ether oxygens (including phenoxy) is 1. The molecule has 3 nitrogen and oxygen atoms in total. The van der Waals surface area contributed by atoms with E-state index in [4.69, 9.17) is 21.6 Å². The minimum Gasteiger partial charge on any atom is -0.376 e. The fraction of sp³-hybridized carbons (Fsp3) is 0.467. The maximum absolute atomic E-state index is 8.57. The molecule has 1 unspecified atom stereocenters. The third-order valence-corrected chi connectivity index (χ3v) is 5.09. The molecule has 0 aliphatic carbocycles. The molecule has 5 heteroatoms. The Balaban J connectivity index is 2.24. The first-order valence-electron chi connectivity index (χ1n) is 6.50. The maximum atomic E-state index is 8.57. The quantitative estimate of drug-likeness (QED) is 0.761. The van der Waals surface area contributed by atoms with Crippen LogP contribution in [0.1, 0.15) is 32.2 Å². The zero-order valence-corrected chi connectivity index (χ0v) is 13.4. The average Bonchev–Trinajstić information content (AvgIpc) is 2.82. The van der Waals surface area contributed by atoms with Crippen molar-refractivity contribution in [2.24, 2.45) is 0 Å². The van der Waals surface area contributed by atoms with Crippen molar-refractivity contribution in [3.8, 4) is 6.07 Å². The molecule has 0 radical (unpaired) electrons. The number of fused-ring (bicyclic) bond motifs is 1. The van der Waals surface area contributed by atoms with E-state index in [9.17, 15) is 0 Å². The topological polar surface area (TPSA) is 45.9 Å². The summed E-state index contributed by atoms with van der Waals surface area (Å²) in [5, 5.41) is 10.3.